The second-order valence-corrected chi connectivity index (χ2v) is 5.72. The Morgan fingerprint density at radius 2 is 2.13 bits per heavy atom. The number of nitrogens with zero attached hydrogens (tertiary/aromatic N) is 1. The van der Waals surface area contributed by atoms with Gasteiger partial charge in [0.05, 0.1) is 0 Å². The normalized spacial score (nSPS) is 10.5. The lowest BCUT2D eigenvalue weighted by molar-refractivity contribution is 0.100. The number of hydrogen-bond donors (Lipinski definition) is 2. The highest BCUT2D eigenvalue weighted by Gasteiger charge is 2.24. The Hall–Kier alpha value is -2.93. The predicted octanol–water partition coefficient (Wildman–Crippen LogP) is 3.06. The summed E-state index contributed by atoms with van der Waals surface area (Å²) in [6.45, 7) is 1.88. The maximum absolute atomic E-state index is 12.3. The molecule has 3 N–H and O–H groups in total. The van der Waals surface area contributed by atoms with E-state index in [0.717, 1.165) is 5.56 Å². The number of aryl methyl sites for hydroxylation is 1. The molecule has 0 saturated heterocycles. The van der Waals surface area contributed by atoms with Crippen LogP contribution in [0.25, 0.3) is 11.3 Å². The average molecular weight is 327 g/mol. The summed E-state index contributed by atoms with van der Waals surface area (Å²) in [5.41, 5.74) is 7.91. The zero-order valence-corrected chi connectivity index (χ0v) is 13.0. The minimum absolute atomic E-state index is 0.0507. The Morgan fingerprint density at radius 1 is 1.30 bits per heavy atom. The van der Waals surface area contributed by atoms with Crippen LogP contribution in [0, 0.1) is 6.92 Å². The molecular formula is C16H13N3O3S. The topological polar surface area (TPSA) is 98.2 Å². The fourth-order valence-corrected chi connectivity index (χ4v) is 2.80. The van der Waals surface area contributed by atoms with Crippen LogP contribution < -0.4 is 11.1 Å². The summed E-state index contributed by atoms with van der Waals surface area (Å²) in [5.74, 6) is -1.17. The first-order valence-electron chi connectivity index (χ1n) is 6.76. The van der Waals surface area contributed by atoms with E-state index in [-0.39, 0.29) is 11.4 Å². The maximum Gasteiger partial charge on any atom is 0.258 e. The lowest BCUT2D eigenvalue weighted by atomic mass is 10.1. The third kappa shape index (κ3) is 3.00. The van der Waals surface area contributed by atoms with Crippen LogP contribution in [0.4, 0.5) is 5.88 Å². The number of carbonyl (C=O) groups is 2. The molecule has 0 spiro atoms. The molecule has 6 nitrogen and oxygen atoms in total. The van der Waals surface area contributed by atoms with E-state index < -0.39 is 11.8 Å². The number of nitrogens with two attached hydrogens (primary N) is 1. The molecule has 1 aromatic carbocycles. The second-order valence-electron chi connectivity index (χ2n) is 4.94. The summed E-state index contributed by atoms with van der Waals surface area (Å²) < 4.78 is 5.13. The zero-order chi connectivity index (χ0) is 16.4. The predicted molar refractivity (Wildman–Crippen MR) is 87.5 cm³/mol. The zero-order valence-electron chi connectivity index (χ0n) is 12.2. The highest BCUT2D eigenvalue weighted by Crippen LogP contribution is 2.30. The number of hydrogen-bond acceptors (Lipinski definition) is 5. The smallest absolute Gasteiger partial charge is 0.258 e. The van der Waals surface area contributed by atoms with E-state index in [9.17, 15) is 9.59 Å². The van der Waals surface area contributed by atoms with Gasteiger partial charge in [0.2, 0.25) is 5.88 Å². The van der Waals surface area contributed by atoms with Crippen molar-refractivity contribution in [3.8, 4) is 11.3 Å². The van der Waals surface area contributed by atoms with Gasteiger partial charge in [-0.05, 0) is 30.5 Å². The van der Waals surface area contributed by atoms with Gasteiger partial charge in [-0.2, -0.15) is 11.3 Å². The third-order valence-corrected chi connectivity index (χ3v) is 3.92. The third-order valence-electron chi connectivity index (χ3n) is 3.24. The fourth-order valence-electron chi connectivity index (χ4n) is 2.16. The molecule has 0 atom stereocenters. The molecule has 116 valence electrons. The Labute approximate surface area is 135 Å². The van der Waals surface area contributed by atoms with Crippen molar-refractivity contribution in [3.05, 3.63) is 57.8 Å². The molecule has 0 aliphatic heterocycles. The van der Waals surface area contributed by atoms with E-state index in [0.29, 0.717) is 16.8 Å². The van der Waals surface area contributed by atoms with Gasteiger partial charge in [0.25, 0.3) is 11.8 Å². The largest absolute Gasteiger partial charge is 0.365 e. The van der Waals surface area contributed by atoms with Crippen molar-refractivity contribution in [2.45, 2.75) is 6.92 Å². The van der Waals surface area contributed by atoms with E-state index in [1.54, 1.807) is 24.3 Å². The molecule has 0 unspecified atom stereocenters. The fraction of sp³-hybridized carbons (Fsp3) is 0.0625. The van der Waals surface area contributed by atoms with Crippen LogP contribution >= 0.6 is 11.3 Å². The molecule has 2 amide bonds. The van der Waals surface area contributed by atoms with E-state index in [4.69, 9.17) is 10.3 Å². The first-order valence-corrected chi connectivity index (χ1v) is 7.70. The maximum atomic E-state index is 12.3. The summed E-state index contributed by atoms with van der Waals surface area (Å²) in [4.78, 5) is 24.0. The van der Waals surface area contributed by atoms with Gasteiger partial charge in [0.15, 0.2) is 0 Å². The minimum atomic E-state index is -0.716. The standard InChI is InChI=1S/C16H13N3O3S/c1-9-3-2-4-10(7-9)15(21)18-16-12(14(17)20)13(19-22-16)11-5-6-23-8-11/h2-8H,1H3,(H2,17,20)(H,18,21). The molecule has 0 aliphatic rings. The number of primary amides is 1. The molecule has 2 heterocycles. The second kappa shape index (κ2) is 6.05. The molecule has 7 heteroatoms. The van der Waals surface area contributed by atoms with Crippen molar-refractivity contribution in [3.63, 3.8) is 0 Å². The SMILES string of the molecule is Cc1cccc(C(=O)Nc2onc(-c3ccsc3)c2C(N)=O)c1. The molecule has 3 rings (SSSR count). The molecule has 23 heavy (non-hydrogen) atoms. The van der Waals surface area contributed by atoms with Gasteiger partial charge < -0.3 is 10.3 Å². The summed E-state index contributed by atoms with van der Waals surface area (Å²) in [5, 5.41) is 10.1. The summed E-state index contributed by atoms with van der Waals surface area (Å²) in [6.07, 6.45) is 0. The van der Waals surface area contributed by atoms with Crippen LogP contribution in [0.15, 0.2) is 45.6 Å². The van der Waals surface area contributed by atoms with Crippen LogP contribution in [0.5, 0.6) is 0 Å². The highest BCUT2D eigenvalue weighted by atomic mass is 32.1. The quantitative estimate of drug-likeness (QED) is 0.769. The molecule has 0 bridgehead atoms. The van der Waals surface area contributed by atoms with Crippen molar-refractivity contribution in [2.24, 2.45) is 5.73 Å². The highest BCUT2D eigenvalue weighted by molar-refractivity contribution is 7.08. The summed E-state index contributed by atoms with van der Waals surface area (Å²) in [7, 11) is 0. The van der Waals surface area contributed by atoms with E-state index in [2.05, 4.69) is 10.5 Å². The van der Waals surface area contributed by atoms with E-state index in [1.807, 2.05) is 23.8 Å². The van der Waals surface area contributed by atoms with Gasteiger partial charge in [-0.15, -0.1) is 0 Å². The van der Waals surface area contributed by atoms with E-state index >= 15 is 0 Å². The number of nitrogens with one attached hydrogen (secondary N) is 1. The van der Waals surface area contributed by atoms with Crippen LogP contribution in [-0.2, 0) is 0 Å². The van der Waals surface area contributed by atoms with Gasteiger partial charge in [-0.1, -0.05) is 22.9 Å². The lowest BCUT2D eigenvalue weighted by Gasteiger charge is -2.04. The van der Waals surface area contributed by atoms with Crippen molar-refractivity contribution in [2.75, 3.05) is 5.32 Å². The van der Waals surface area contributed by atoms with Crippen LogP contribution in [0.1, 0.15) is 26.3 Å². The molecule has 0 saturated carbocycles. The lowest BCUT2D eigenvalue weighted by Crippen LogP contribution is -2.17. The number of anilines is 1. The molecule has 3 aromatic rings. The number of carbonyl (C=O) groups excluding carboxylic acids is 2. The molecule has 0 fully saturated rings. The van der Waals surface area contributed by atoms with Gasteiger partial charge in [-0.25, -0.2) is 0 Å². The van der Waals surface area contributed by atoms with Gasteiger partial charge in [-0.3, -0.25) is 14.9 Å². The van der Waals surface area contributed by atoms with Crippen molar-refractivity contribution < 1.29 is 14.1 Å². The van der Waals surface area contributed by atoms with Gasteiger partial charge in [0.1, 0.15) is 11.3 Å². The average Bonchev–Trinajstić information content (AvgIpc) is 3.15. The first-order chi connectivity index (χ1) is 11.1. The number of aromatic nitrogens is 1. The Kier molecular flexibility index (Phi) is 3.94. The van der Waals surface area contributed by atoms with Crippen molar-refractivity contribution >= 4 is 29.0 Å². The van der Waals surface area contributed by atoms with Gasteiger partial charge in [0, 0.05) is 16.5 Å². The number of amides is 2. The van der Waals surface area contributed by atoms with Gasteiger partial charge >= 0.3 is 0 Å². The Balaban J connectivity index is 1.94. The molecule has 2 aromatic heterocycles. The minimum Gasteiger partial charge on any atom is -0.365 e. The van der Waals surface area contributed by atoms with E-state index in [1.165, 1.54) is 11.3 Å². The first kappa shape index (κ1) is 15.0. The number of rotatable bonds is 4. The Bertz CT molecular complexity index is 869. The van der Waals surface area contributed by atoms with Crippen LogP contribution in [-0.4, -0.2) is 17.0 Å². The summed E-state index contributed by atoms with van der Waals surface area (Å²) in [6, 6.07) is 8.85. The van der Waals surface area contributed by atoms with Crippen molar-refractivity contribution in [1.29, 1.82) is 0 Å². The molecule has 0 aliphatic carbocycles. The van der Waals surface area contributed by atoms with Crippen LogP contribution in [0.2, 0.25) is 0 Å². The Morgan fingerprint density at radius 3 is 2.78 bits per heavy atom. The van der Waals surface area contributed by atoms with Crippen LogP contribution in [0.3, 0.4) is 0 Å². The summed E-state index contributed by atoms with van der Waals surface area (Å²) >= 11 is 1.46. The number of benzene rings is 1. The molecular weight excluding hydrogens is 314 g/mol. The van der Waals surface area contributed by atoms with Crippen molar-refractivity contribution in [1.82, 2.24) is 5.16 Å². The molecule has 0 radical (unpaired) electrons. The monoisotopic (exact) mass is 327 g/mol. The number of thiophene rings is 1.